The van der Waals surface area contributed by atoms with Crippen LogP contribution in [0.1, 0.15) is 48.3 Å². The first-order valence-corrected chi connectivity index (χ1v) is 8.01. The smallest absolute Gasteiger partial charge is 0.235 e. The predicted octanol–water partition coefficient (Wildman–Crippen LogP) is 2.01. The Morgan fingerprint density at radius 3 is 2.55 bits per heavy atom. The maximum Gasteiger partial charge on any atom is 0.235 e. The van der Waals surface area contributed by atoms with Crippen molar-refractivity contribution in [3.05, 3.63) is 34.9 Å². The summed E-state index contributed by atoms with van der Waals surface area (Å²) >= 11 is 0. The third-order valence-electron chi connectivity index (χ3n) is 5.32. The van der Waals surface area contributed by atoms with E-state index in [1.165, 1.54) is 0 Å². The van der Waals surface area contributed by atoms with Gasteiger partial charge in [0.15, 0.2) is 5.78 Å². The first-order valence-electron chi connectivity index (χ1n) is 8.01. The molecule has 1 atom stereocenters. The van der Waals surface area contributed by atoms with Crippen LogP contribution >= 0.6 is 0 Å². The molecule has 1 aliphatic heterocycles. The van der Waals surface area contributed by atoms with Crippen molar-refractivity contribution in [3.63, 3.8) is 0 Å². The van der Waals surface area contributed by atoms with Gasteiger partial charge in [0.2, 0.25) is 5.91 Å². The minimum Gasteiger partial charge on any atom is -0.396 e. The summed E-state index contributed by atoms with van der Waals surface area (Å²) in [6.07, 6.45) is 2.87. The molecule has 1 saturated heterocycles. The van der Waals surface area contributed by atoms with E-state index in [0.717, 1.165) is 29.5 Å². The van der Waals surface area contributed by atoms with Crippen molar-refractivity contribution >= 4 is 11.7 Å². The Morgan fingerprint density at radius 2 is 1.91 bits per heavy atom. The van der Waals surface area contributed by atoms with Gasteiger partial charge in [-0.3, -0.25) is 9.59 Å². The Bertz CT molecular complexity index is 615. The van der Waals surface area contributed by atoms with Gasteiger partial charge in [-0.05, 0) is 56.6 Å². The lowest BCUT2D eigenvalue weighted by atomic mass is 9.73. The van der Waals surface area contributed by atoms with E-state index >= 15 is 0 Å². The maximum atomic E-state index is 13.0. The van der Waals surface area contributed by atoms with Crippen molar-refractivity contribution in [2.75, 3.05) is 6.61 Å². The molecule has 0 aromatic heterocycles. The van der Waals surface area contributed by atoms with Crippen molar-refractivity contribution in [1.29, 1.82) is 0 Å². The molecule has 1 amide bonds. The predicted molar refractivity (Wildman–Crippen MR) is 83.6 cm³/mol. The Balaban J connectivity index is 1.91. The van der Waals surface area contributed by atoms with Crippen LogP contribution in [0.25, 0.3) is 0 Å². The van der Waals surface area contributed by atoms with Crippen molar-refractivity contribution < 1.29 is 14.7 Å². The van der Waals surface area contributed by atoms with E-state index in [2.05, 4.69) is 5.32 Å². The highest BCUT2D eigenvalue weighted by atomic mass is 16.3. The van der Waals surface area contributed by atoms with Crippen LogP contribution in [-0.2, 0) is 9.59 Å². The largest absolute Gasteiger partial charge is 0.396 e. The van der Waals surface area contributed by atoms with Crippen LogP contribution in [0.5, 0.6) is 0 Å². The normalized spacial score (nSPS) is 31.6. The van der Waals surface area contributed by atoms with Crippen LogP contribution in [0, 0.1) is 19.8 Å². The molecular weight excluding hydrogens is 278 g/mol. The first-order chi connectivity index (χ1) is 10.5. The summed E-state index contributed by atoms with van der Waals surface area (Å²) in [6.45, 7) is 4.09. The topological polar surface area (TPSA) is 66.4 Å². The number of carbonyl (C=O) groups is 2. The molecule has 22 heavy (non-hydrogen) atoms. The number of aliphatic hydroxyl groups excluding tert-OH is 1. The van der Waals surface area contributed by atoms with Crippen molar-refractivity contribution in [1.82, 2.24) is 5.32 Å². The Labute approximate surface area is 130 Å². The number of benzene rings is 1. The number of hydrogen-bond acceptors (Lipinski definition) is 3. The van der Waals surface area contributed by atoms with Gasteiger partial charge >= 0.3 is 0 Å². The highest BCUT2D eigenvalue weighted by molar-refractivity contribution is 6.17. The van der Waals surface area contributed by atoms with E-state index in [4.69, 9.17) is 0 Å². The van der Waals surface area contributed by atoms with E-state index in [9.17, 15) is 14.7 Å². The molecule has 4 nitrogen and oxygen atoms in total. The SMILES string of the molecule is Cc1ccc(C)c(C2C(=O)NC3(CCC(CO)CC3)C2=O)c1. The highest BCUT2D eigenvalue weighted by Gasteiger charge is 2.54. The number of hydrogen-bond donors (Lipinski definition) is 2. The van der Waals surface area contributed by atoms with Crippen molar-refractivity contribution in [2.24, 2.45) is 5.92 Å². The summed E-state index contributed by atoms with van der Waals surface area (Å²) in [7, 11) is 0. The summed E-state index contributed by atoms with van der Waals surface area (Å²) in [5.41, 5.74) is 2.18. The van der Waals surface area contributed by atoms with Crippen LogP contribution in [-0.4, -0.2) is 28.9 Å². The third-order valence-corrected chi connectivity index (χ3v) is 5.32. The average Bonchev–Trinajstić information content (AvgIpc) is 2.74. The monoisotopic (exact) mass is 301 g/mol. The Hall–Kier alpha value is -1.68. The molecule has 1 unspecified atom stereocenters. The van der Waals surface area contributed by atoms with Crippen LogP contribution in [0.2, 0.25) is 0 Å². The minimum absolute atomic E-state index is 0.0163. The Kier molecular flexibility index (Phi) is 3.81. The standard InChI is InChI=1S/C18H23NO3/c1-11-3-4-12(2)14(9-11)15-16(21)18(19-17(15)22)7-5-13(10-20)6-8-18/h3-4,9,13,15,20H,5-8,10H2,1-2H3,(H,19,22). The number of nitrogens with one attached hydrogen (secondary N) is 1. The Morgan fingerprint density at radius 1 is 1.23 bits per heavy atom. The summed E-state index contributed by atoms with van der Waals surface area (Å²) in [5, 5.41) is 12.3. The zero-order chi connectivity index (χ0) is 15.9. The highest BCUT2D eigenvalue weighted by Crippen LogP contribution is 2.41. The summed E-state index contributed by atoms with van der Waals surface area (Å²) < 4.78 is 0. The fraction of sp³-hybridized carbons (Fsp3) is 0.556. The molecule has 0 radical (unpaired) electrons. The molecule has 0 bridgehead atoms. The van der Waals surface area contributed by atoms with E-state index in [1.54, 1.807) is 0 Å². The van der Waals surface area contributed by atoms with E-state index < -0.39 is 11.5 Å². The molecule has 1 aliphatic carbocycles. The van der Waals surface area contributed by atoms with Crippen LogP contribution in [0.3, 0.4) is 0 Å². The number of carbonyl (C=O) groups excluding carboxylic acids is 2. The lowest BCUT2D eigenvalue weighted by Crippen LogP contribution is -2.49. The van der Waals surface area contributed by atoms with Gasteiger partial charge in [0.05, 0.1) is 5.54 Å². The molecule has 1 aromatic carbocycles. The first kappa shape index (κ1) is 15.2. The molecule has 2 fully saturated rings. The molecule has 3 rings (SSSR count). The third kappa shape index (κ3) is 2.35. The molecule has 1 spiro atoms. The number of aliphatic hydroxyl groups is 1. The van der Waals surface area contributed by atoms with Crippen LogP contribution < -0.4 is 5.32 Å². The average molecular weight is 301 g/mol. The number of amides is 1. The zero-order valence-corrected chi connectivity index (χ0v) is 13.2. The van der Waals surface area contributed by atoms with Crippen molar-refractivity contribution in [2.45, 2.75) is 51.0 Å². The fourth-order valence-electron chi connectivity index (χ4n) is 3.84. The molecular formula is C18H23NO3. The van der Waals surface area contributed by atoms with Gasteiger partial charge in [0.25, 0.3) is 0 Å². The lowest BCUT2D eigenvalue weighted by molar-refractivity contribution is -0.126. The van der Waals surface area contributed by atoms with E-state index in [-0.39, 0.29) is 24.2 Å². The van der Waals surface area contributed by atoms with Gasteiger partial charge in [0.1, 0.15) is 5.92 Å². The van der Waals surface area contributed by atoms with E-state index in [0.29, 0.717) is 12.8 Å². The molecule has 2 aliphatic rings. The van der Waals surface area contributed by atoms with Gasteiger partial charge in [-0.25, -0.2) is 0 Å². The zero-order valence-electron chi connectivity index (χ0n) is 13.2. The molecule has 1 aromatic rings. The summed E-state index contributed by atoms with van der Waals surface area (Å²) in [6, 6.07) is 5.92. The minimum atomic E-state index is -0.705. The van der Waals surface area contributed by atoms with Crippen LogP contribution in [0.15, 0.2) is 18.2 Å². The maximum absolute atomic E-state index is 13.0. The van der Waals surface area contributed by atoms with Gasteiger partial charge in [0, 0.05) is 6.61 Å². The molecule has 2 N–H and O–H groups in total. The number of aryl methyl sites for hydroxylation is 2. The molecule has 118 valence electrons. The molecule has 1 saturated carbocycles. The summed E-state index contributed by atoms with van der Waals surface area (Å²) in [5.74, 6) is -0.565. The fourth-order valence-corrected chi connectivity index (χ4v) is 3.84. The summed E-state index contributed by atoms with van der Waals surface area (Å²) in [4.78, 5) is 25.5. The number of ketones is 1. The van der Waals surface area contributed by atoms with E-state index in [1.807, 2.05) is 32.0 Å². The molecule has 4 heteroatoms. The number of Topliss-reactive ketones (excluding diaryl/α,β-unsaturated/α-hetero) is 1. The van der Waals surface area contributed by atoms with Crippen molar-refractivity contribution in [3.8, 4) is 0 Å². The van der Waals surface area contributed by atoms with Gasteiger partial charge < -0.3 is 10.4 Å². The van der Waals surface area contributed by atoms with Gasteiger partial charge in [-0.1, -0.05) is 23.8 Å². The van der Waals surface area contributed by atoms with Gasteiger partial charge in [-0.2, -0.15) is 0 Å². The second kappa shape index (κ2) is 5.51. The van der Waals surface area contributed by atoms with Crippen LogP contribution in [0.4, 0.5) is 0 Å². The lowest BCUT2D eigenvalue weighted by Gasteiger charge is -2.35. The van der Waals surface area contributed by atoms with Gasteiger partial charge in [-0.15, -0.1) is 0 Å². The second-order valence-corrected chi connectivity index (χ2v) is 6.85. The molecule has 1 heterocycles. The number of rotatable bonds is 2. The quantitative estimate of drug-likeness (QED) is 0.821. The second-order valence-electron chi connectivity index (χ2n) is 6.85.